The molecular weight excluding hydrogens is 1090 g/mol. The van der Waals surface area contributed by atoms with Crippen molar-refractivity contribution in [2.45, 2.75) is 25.7 Å². The number of unbranched alkanes of at least 4 members (excludes halogenated alkanes) is 1. The lowest BCUT2D eigenvalue weighted by Crippen LogP contribution is -2.47. The molecule has 0 atom stereocenters. The van der Waals surface area contributed by atoms with Gasteiger partial charge in [0.2, 0.25) is 0 Å². The lowest BCUT2D eigenvalue weighted by atomic mass is 9.90. The smallest absolute Gasteiger partial charge is 0.330 e. The Morgan fingerprint density at radius 2 is 0.354 bits per heavy atom. The van der Waals surface area contributed by atoms with Crippen molar-refractivity contribution in [2.24, 2.45) is 21.7 Å². The van der Waals surface area contributed by atoms with Gasteiger partial charge in [-0.25, -0.2) is 47.9 Å². The molecule has 0 unspecified atom stereocenters. The molecule has 0 amide bonds. The monoisotopic (exact) mass is 1160 g/mol. The van der Waals surface area contributed by atoms with Crippen LogP contribution >= 0.6 is 0 Å². The Morgan fingerprint density at radius 1 is 0.220 bits per heavy atom. The van der Waals surface area contributed by atoms with Gasteiger partial charge in [0.1, 0.15) is 79.3 Å². The highest BCUT2D eigenvalue weighted by Crippen LogP contribution is 2.29. The quantitative estimate of drug-likeness (QED) is 0.0366. The SMILES string of the molecule is C=CC(=O)OCC(COCC(COC(=O)C=C)(COC(=O)C=C)COC(=O)CCCCC(=O)OCC(COCC(COC(=O)C=C)(COC(=O)C=C)COC(=O)C=C)(COC(=O)C=C)COC(=O)C=C)(COC(=O)C=C)COC(=O)C=C. The number of carbonyl (C=O) groups is 12. The van der Waals surface area contributed by atoms with E-state index >= 15 is 0 Å². The van der Waals surface area contributed by atoms with Gasteiger partial charge in [-0.15, -0.1) is 0 Å². The van der Waals surface area contributed by atoms with Crippen molar-refractivity contribution in [1.29, 1.82) is 0 Å². The molecule has 0 saturated carbocycles. The van der Waals surface area contributed by atoms with Crippen LogP contribution in [0.4, 0.5) is 0 Å². The fourth-order valence-electron chi connectivity index (χ4n) is 5.95. The molecule has 0 aromatic carbocycles. The van der Waals surface area contributed by atoms with Crippen molar-refractivity contribution in [2.75, 3.05) is 106 Å². The molecule has 450 valence electrons. The molecular formula is C56H70O26. The third kappa shape index (κ3) is 30.9. The van der Waals surface area contributed by atoms with Crippen LogP contribution in [-0.4, -0.2) is 177 Å². The first-order chi connectivity index (χ1) is 39.0. The maximum absolute atomic E-state index is 13.3. The minimum Gasteiger partial charge on any atom is -0.465 e. The molecule has 0 aromatic heterocycles. The van der Waals surface area contributed by atoms with Gasteiger partial charge in [0.05, 0.1) is 48.1 Å². The fourth-order valence-corrected chi connectivity index (χ4v) is 5.95. The second kappa shape index (κ2) is 40.2. The first kappa shape index (κ1) is 73.0. The molecule has 0 radical (unpaired) electrons. The minimum absolute atomic E-state index is 0.0132. The van der Waals surface area contributed by atoms with Crippen LogP contribution < -0.4 is 0 Å². The van der Waals surface area contributed by atoms with Gasteiger partial charge in [-0.05, 0) is 12.8 Å². The topological polar surface area (TPSA) is 334 Å². The second-order valence-corrected chi connectivity index (χ2v) is 17.6. The highest BCUT2D eigenvalue weighted by molar-refractivity contribution is 5.84. The van der Waals surface area contributed by atoms with Gasteiger partial charge < -0.3 is 66.3 Å². The molecule has 0 aliphatic carbocycles. The van der Waals surface area contributed by atoms with Gasteiger partial charge >= 0.3 is 71.6 Å². The average Bonchev–Trinajstić information content (AvgIpc) is 3.51. The first-order valence-corrected chi connectivity index (χ1v) is 24.4. The van der Waals surface area contributed by atoms with E-state index in [1.807, 2.05) is 0 Å². The molecule has 0 aliphatic heterocycles. The molecule has 0 aliphatic rings. The van der Waals surface area contributed by atoms with E-state index in [-0.39, 0.29) is 25.7 Å². The van der Waals surface area contributed by atoms with Crippen LogP contribution in [0.1, 0.15) is 25.7 Å². The molecule has 82 heavy (non-hydrogen) atoms. The zero-order valence-electron chi connectivity index (χ0n) is 45.6. The zero-order valence-corrected chi connectivity index (χ0v) is 45.6. The van der Waals surface area contributed by atoms with E-state index in [1.165, 1.54) is 0 Å². The molecule has 0 aromatic rings. The van der Waals surface area contributed by atoms with Crippen molar-refractivity contribution in [1.82, 2.24) is 0 Å². The Labute approximate surface area is 473 Å². The number of carbonyl (C=O) groups excluding carboxylic acids is 12. The number of rotatable bonds is 47. The number of ether oxygens (including phenoxy) is 14. The van der Waals surface area contributed by atoms with Crippen LogP contribution in [0.2, 0.25) is 0 Å². The summed E-state index contributed by atoms with van der Waals surface area (Å²) in [5, 5.41) is 0. The second-order valence-electron chi connectivity index (χ2n) is 17.6. The van der Waals surface area contributed by atoms with Gasteiger partial charge in [-0.2, -0.15) is 0 Å². The Balaban J connectivity index is 6.66. The standard InChI is InChI=1S/C56H70O26/c1-11-41(57)71-29-53(30-72-42(58)12-2,31-73-43(59)13-3)25-69-27-55(35-77-47(63)17-7,36-78-48(64)18-8)39-81-51(67)23-21-22-24-52(68)82-40-56(37-79-49(65)19-9,38-80-50(66)20-10)28-70-26-54(32-74-44(60)14-4,33-75-45(61)15-5)34-76-46(62)16-6/h11-20H,1-10,21-40H2. The third-order valence-electron chi connectivity index (χ3n) is 10.6. The summed E-state index contributed by atoms with van der Waals surface area (Å²) in [5.74, 6) is -11.1. The Bertz CT molecular complexity index is 2010. The third-order valence-corrected chi connectivity index (χ3v) is 10.6. The highest BCUT2D eigenvalue weighted by Gasteiger charge is 2.42. The van der Waals surface area contributed by atoms with Gasteiger partial charge in [-0.1, -0.05) is 65.8 Å². The summed E-state index contributed by atoms with van der Waals surface area (Å²) < 4.78 is 75.7. The van der Waals surface area contributed by atoms with Gasteiger partial charge in [0.25, 0.3) is 0 Å². The summed E-state index contributed by atoms with van der Waals surface area (Å²) in [6.45, 7) is 23.6. The van der Waals surface area contributed by atoms with E-state index in [2.05, 4.69) is 65.8 Å². The Morgan fingerprint density at radius 3 is 0.488 bits per heavy atom. The molecule has 0 saturated heterocycles. The largest absolute Gasteiger partial charge is 0.465 e. The minimum atomic E-state index is -1.72. The van der Waals surface area contributed by atoms with Crippen molar-refractivity contribution in [3.63, 3.8) is 0 Å². The van der Waals surface area contributed by atoms with Crippen LogP contribution in [-0.2, 0) is 124 Å². The highest BCUT2D eigenvalue weighted by atomic mass is 16.6. The molecule has 0 N–H and O–H groups in total. The van der Waals surface area contributed by atoms with Crippen LogP contribution in [0.3, 0.4) is 0 Å². The zero-order chi connectivity index (χ0) is 62.0. The fraction of sp³-hybridized carbons (Fsp3) is 0.429. The molecule has 0 rings (SSSR count). The molecule has 0 spiro atoms. The normalized spacial score (nSPS) is 10.9. The predicted octanol–water partition coefficient (Wildman–Crippen LogP) is 2.90. The van der Waals surface area contributed by atoms with E-state index in [1.54, 1.807) is 0 Å². The van der Waals surface area contributed by atoms with Gasteiger partial charge in [0.15, 0.2) is 0 Å². The Hall–Kier alpha value is -9.04. The van der Waals surface area contributed by atoms with Gasteiger partial charge in [-0.3, -0.25) is 9.59 Å². The lowest BCUT2D eigenvalue weighted by molar-refractivity contribution is -0.175. The van der Waals surface area contributed by atoms with E-state index in [0.29, 0.717) is 0 Å². The summed E-state index contributed by atoms with van der Waals surface area (Å²) in [6, 6.07) is 0. The molecule has 26 nitrogen and oxygen atoms in total. The molecule has 0 bridgehead atoms. The summed E-state index contributed by atoms with van der Waals surface area (Å²) in [4.78, 5) is 149. The summed E-state index contributed by atoms with van der Waals surface area (Å²) in [7, 11) is 0. The average molecular weight is 1160 g/mol. The van der Waals surface area contributed by atoms with Crippen LogP contribution in [0, 0.1) is 21.7 Å². The van der Waals surface area contributed by atoms with Crippen LogP contribution in [0.5, 0.6) is 0 Å². The molecule has 0 fully saturated rings. The number of esters is 12. The molecule has 0 heterocycles. The van der Waals surface area contributed by atoms with E-state index in [0.717, 1.165) is 60.8 Å². The maximum atomic E-state index is 13.3. The lowest BCUT2D eigenvalue weighted by Gasteiger charge is -2.35. The van der Waals surface area contributed by atoms with Crippen molar-refractivity contribution < 1.29 is 124 Å². The van der Waals surface area contributed by atoms with E-state index in [9.17, 15) is 57.5 Å². The first-order valence-electron chi connectivity index (χ1n) is 24.4. The van der Waals surface area contributed by atoms with Crippen LogP contribution in [0.25, 0.3) is 0 Å². The van der Waals surface area contributed by atoms with Crippen molar-refractivity contribution >= 4 is 71.6 Å². The van der Waals surface area contributed by atoms with Gasteiger partial charge in [0, 0.05) is 73.6 Å². The van der Waals surface area contributed by atoms with Crippen LogP contribution in [0.15, 0.2) is 127 Å². The summed E-state index contributed by atoms with van der Waals surface area (Å²) >= 11 is 0. The number of hydrogen-bond donors (Lipinski definition) is 0. The predicted molar refractivity (Wildman–Crippen MR) is 283 cm³/mol. The summed E-state index contributed by atoms with van der Waals surface area (Å²) in [6.07, 6.45) is 7.60. The van der Waals surface area contributed by atoms with Crippen molar-refractivity contribution in [3.8, 4) is 0 Å². The van der Waals surface area contributed by atoms with E-state index < -0.39 is 199 Å². The van der Waals surface area contributed by atoms with Crippen molar-refractivity contribution in [3.05, 3.63) is 127 Å². The summed E-state index contributed by atoms with van der Waals surface area (Å²) in [5.41, 5.74) is -6.73. The number of hydrogen-bond acceptors (Lipinski definition) is 26. The van der Waals surface area contributed by atoms with E-state index in [4.69, 9.17) is 66.3 Å². The maximum Gasteiger partial charge on any atom is 0.330 e. The Kier molecular flexibility index (Phi) is 35.8. The molecule has 26 heteroatoms.